The van der Waals surface area contributed by atoms with Crippen molar-refractivity contribution in [2.45, 2.75) is 38.8 Å². The second-order valence-electron chi connectivity index (χ2n) is 8.47. The van der Waals surface area contributed by atoms with Crippen molar-refractivity contribution in [3.63, 3.8) is 0 Å². The Bertz CT molecular complexity index is 1140. The largest absolute Gasteiger partial charge is 0.493 e. The molecular weight excluding hydrogens is 476 g/mol. The highest BCUT2D eigenvalue weighted by molar-refractivity contribution is 6.30. The van der Waals surface area contributed by atoms with Gasteiger partial charge in [-0.05, 0) is 47.4 Å². The van der Waals surface area contributed by atoms with Gasteiger partial charge in [-0.25, -0.2) is 0 Å². The molecule has 3 aromatic rings. The first-order chi connectivity index (χ1) is 17.5. The number of methoxy groups -OCH3 is 2. The Balaban J connectivity index is 1.98. The first kappa shape index (κ1) is 27.1. The number of amides is 2. The molecule has 0 unspecified atom stereocenters. The lowest BCUT2D eigenvalue weighted by Gasteiger charge is -2.32. The molecular formula is C29H33ClN2O4. The molecule has 3 aromatic carbocycles. The van der Waals surface area contributed by atoms with Crippen LogP contribution in [0.5, 0.6) is 11.5 Å². The van der Waals surface area contributed by atoms with Gasteiger partial charge in [0.15, 0.2) is 11.5 Å². The number of nitrogens with zero attached hydrogens (tertiary/aromatic N) is 1. The number of benzene rings is 3. The Labute approximate surface area is 218 Å². The molecule has 2 amide bonds. The lowest BCUT2D eigenvalue weighted by molar-refractivity contribution is -0.141. The zero-order chi connectivity index (χ0) is 25.9. The zero-order valence-corrected chi connectivity index (χ0v) is 21.8. The summed E-state index contributed by atoms with van der Waals surface area (Å²) in [6, 6.07) is 21.3. The fourth-order valence-electron chi connectivity index (χ4n) is 3.97. The number of rotatable bonds is 12. The van der Waals surface area contributed by atoms with Crippen LogP contribution < -0.4 is 14.8 Å². The quantitative estimate of drug-likeness (QED) is 0.324. The van der Waals surface area contributed by atoms with Crippen molar-refractivity contribution in [2.24, 2.45) is 0 Å². The van der Waals surface area contributed by atoms with Crippen LogP contribution in [0.25, 0.3) is 0 Å². The highest BCUT2D eigenvalue weighted by Gasteiger charge is 2.31. The van der Waals surface area contributed by atoms with Crippen molar-refractivity contribution < 1.29 is 19.1 Å². The summed E-state index contributed by atoms with van der Waals surface area (Å²) in [4.78, 5) is 29.0. The minimum absolute atomic E-state index is 0.0967. The molecule has 36 heavy (non-hydrogen) atoms. The van der Waals surface area contributed by atoms with Crippen LogP contribution in [0.2, 0.25) is 5.02 Å². The van der Waals surface area contributed by atoms with E-state index < -0.39 is 6.04 Å². The molecule has 0 heterocycles. The molecule has 0 aliphatic heterocycles. The molecule has 0 radical (unpaired) electrons. The van der Waals surface area contributed by atoms with E-state index in [4.69, 9.17) is 21.1 Å². The first-order valence-electron chi connectivity index (χ1n) is 12.0. The van der Waals surface area contributed by atoms with Gasteiger partial charge >= 0.3 is 0 Å². The molecule has 1 atom stereocenters. The minimum atomic E-state index is -0.786. The molecule has 0 fully saturated rings. The average molecular weight is 509 g/mol. The highest BCUT2D eigenvalue weighted by atomic mass is 35.5. The zero-order valence-electron chi connectivity index (χ0n) is 21.0. The summed E-state index contributed by atoms with van der Waals surface area (Å²) < 4.78 is 10.7. The number of halogens is 1. The van der Waals surface area contributed by atoms with Crippen molar-refractivity contribution in [3.05, 3.63) is 94.5 Å². The van der Waals surface area contributed by atoms with Gasteiger partial charge in [-0.3, -0.25) is 9.59 Å². The van der Waals surface area contributed by atoms with Gasteiger partial charge in [-0.2, -0.15) is 0 Å². The summed E-state index contributed by atoms with van der Waals surface area (Å²) >= 11 is 6.08. The molecule has 0 saturated heterocycles. The number of nitrogens with one attached hydrogen (secondary N) is 1. The molecule has 0 bridgehead atoms. The van der Waals surface area contributed by atoms with Gasteiger partial charge in [-0.15, -0.1) is 0 Å². The predicted molar refractivity (Wildman–Crippen MR) is 142 cm³/mol. The van der Waals surface area contributed by atoms with Crippen molar-refractivity contribution in [3.8, 4) is 11.5 Å². The van der Waals surface area contributed by atoms with E-state index >= 15 is 0 Å². The van der Waals surface area contributed by atoms with E-state index in [0.717, 1.165) is 29.5 Å². The van der Waals surface area contributed by atoms with Crippen molar-refractivity contribution >= 4 is 23.4 Å². The van der Waals surface area contributed by atoms with E-state index in [1.54, 1.807) is 43.4 Å². The van der Waals surface area contributed by atoms with Gasteiger partial charge < -0.3 is 19.7 Å². The van der Waals surface area contributed by atoms with Crippen LogP contribution in [0.3, 0.4) is 0 Å². The van der Waals surface area contributed by atoms with E-state index in [9.17, 15) is 9.59 Å². The second-order valence-corrected chi connectivity index (χ2v) is 8.91. The monoisotopic (exact) mass is 508 g/mol. The van der Waals surface area contributed by atoms with Gasteiger partial charge in [0.05, 0.1) is 20.6 Å². The maximum Gasteiger partial charge on any atom is 0.247 e. The molecule has 0 aliphatic rings. The Kier molecular flexibility index (Phi) is 10.2. The van der Waals surface area contributed by atoms with Crippen molar-refractivity contribution in [1.29, 1.82) is 0 Å². The van der Waals surface area contributed by atoms with Gasteiger partial charge in [0.2, 0.25) is 11.8 Å². The van der Waals surface area contributed by atoms with E-state index in [2.05, 4.69) is 12.2 Å². The summed E-state index contributed by atoms with van der Waals surface area (Å²) in [5.41, 5.74) is 2.39. The third kappa shape index (κ3) is 7.25. The summed E-state index contributed by atoms with van der Waals surface area (Å²) in [5.74, 6) is 0.745. The molecule has 190 valence electrons. The number of hydrogen-bond acceptors (Lipinski definition) is 4. The summed E-state index contributed by atoms with van der Waals surface area (Å²) in [5, 5.41) is 3.63. The molecule has 0 aromatic heterocycles. The average Bonchev–Trinajstić information content (AvgIpc) is 2.90. The molecule has 1 N–H and O–H groups in total. The topological polar surface area (TPSA) is 67.9 Å². The second kappa shape index (κ2) is 13.5. The molecule has 0 spiro atoms. The van der Waals surface area contributed by atoms with E-state index in [0.29, 0.717) is 23.1 Å². The normalized spacial score (nSPS) is 11.4. The van der Waals surface area contributed by atoms with E-state index in [1.165, 1.54) is 0 Å². The minimum Gasteiger partial charge on any atom is -0.493 e. The van der Waals surface area contributed by atoms with Crippen LogP contribution >= 0.6 is 11.6 Å². The molecule has 7 heteroatoms. The maximum atomic E-state index is 13.8. The van der Waals surface area contributed by atoms with Gasteiger partial charge in [0.25, 0.3) is 0 Å². The number of ether oxygens (including phenoxy) is 2. The van der Waals surface area contributed by atoms with Crippen LogP contribution in [0.15, 0.2) is 72.8 Å². The Hall–Kier alpha value is -3.51. The molecule has 6 nitrogen and oxygen atoms in total. The standard InChI is InChI=1S/C29H33ClN2O4/c1-4-5-17-31-29(34)28(23-9-7-6-8-10-23)32(20-21-11-14-24(30)15-12-21)27(33)19-22-13-16-25(35-2)26(18-22)36-3/h6-16,18,28H,4-5,17,19-20H2,1-3H3,(H,31,34)/t28-/m0/s1. The van der Waals surface area contributed by atoms with Gasteiger partial charge in [-0.1, -0.05) is 73.5 Å². The van der Waals surface area contributed by atoms with Crippen LogP contribution in [0.4, 0.5) is 0 Å². The fraction of sp³-hybridized carbons (Fsp3) is 0.310. The Morgan fingerprint density at radius 2 is 1.58 bits per heavy atom. The van der Waals surface area contributed by atoms with Gasteiger partial charge in [0, 0.05) is 18.1 Å². The third-order valence-corrected chi connectivity index (χ3v) is 6.15. The SMILES string of the molecule is CCCCNC(=O)[C@H](c1ccccc1)N(Cc1ccc(Cl)cc1)C(=O)Cc1ccc(OC)c(OC)c1. The fourth-order valence-corrected chi connectivity index (χ4v) is 4.10. The lowest BCUT2D eigenvalue weighted by atomic mass is 10.0. The lowest BCUT2D eigenvalue weighted by Crippen LogP contribution is -2.44. The van der Waals surface area contributed by atoms with Crippen LogP contribution in [0, 0.1) is 0 Å². The maximum absolute atomic E-state index is 13.8. The summed E-state index contributed by atoms with van der Waals surface area (Å²) in [6.45, 7) is 2.88. The van der Waals surface area contributed by atoms with Crippen LogP contribution in [-0.2, 0) is 22.6 Å². The highest BCUT2D eigenvalue weighted by Crippen LogP contribution is 2.29. The number of carbonyl (C=O) groups is 2. The molecule has 0 aliphatic carbocycles. The molecule has 3 rings (SSSR count). The third-order valence-electron chi connectivity index (χ3n) is 5.89. The predicted octanol–water partition coefficient (Wildman–Crippen LogP) is 5.59. The number of hydrogen-bond donors (Lipinski definition) is 1. The Morgan fingerprint density at radius 3 is 2.22 bits per heavy atom. The van der Waals surface area contributed by atoms with Crippen molar-refractivity contribution in [2.75, 3.05) is 20.8 Å². The summed E-state index contributed by atoms with van der Waals surface area (Å²) in [7, 11) is 3.13. The van der Waals surface area contributed by atoms with Gasteiger partial charge in [0.1, 0.15) is 6.04 Å². The van der Waals surface area contributed by atoms with Crippen LogP contribution in [-0.4, -0.2) is 37.5 Å². The first-order valence-corrected chi connectivity index (χ1v) is 12.4. The summed E-state index contributed by atoms with van der Waals surface area (Å²) in [6.07, 6.45) is 1.92. The van der Waals surface area contributed by atoms with Crippen molar-refractivity contribution in [1.82, 2.24) is 10.2 Å². The van der Waals surface area contributed by atoms with Crippen LogP contribution in [0.1, 0.15) is 42.5 Å². The molecule has 0 saturated carbocycles. The van der Waals surface area contributed by atoms with E-state index in [1.807, 2.05) is 48.5 Å². The number of unbranched alkanes of at least 4 members (excludes halogenated alkanes) is 1. The number of carbonyl (C=O) groups excluding carboxylic acids is 2. The van der Waals surface area contributed by atoms with E-state index in [-0.39, 0.29) is 24.8 Å². The smallest absolute Gasteiger partial charge is 0.247 e. The Morgan fingerprint density at radius 1 is 0.917 bits per heavy atom.